The highest BCUT2D eigenvalue weighted by Crippen LogP contribution is 2.16. The van der Waals surface area contributed by atoms with Gasteiger partial charge in [0.1, 0.15) is 0 Å². The third kappa shape index (κ3) is 38.6. The largest absolute Gasteiger partial charge is 0.481 e. The molecular weight excluding hydrogens is 568 g/mol. The first-order valence-corrected chi connectivity index (χ1v) is 20.3. The van der Waals surface area contributed by atoms with Crippen LogP contribution in [0.1, 0.15) is 226 Å². The highest BCUT2D eigenvalue weighted by atomic mass is 16.5. The molecule has 0 saturated carbocycles. The Morgan fingerprint density at radius 3 is 1.30 bits per heavy atom. The van der Waals surface area contributed by atoms with E-state index in [2.05, 4.69) is 38.2 Å². The molecule has 0 aromatic heterocycles. The van der Waals surface area contributed by atoms with E-state index >= 15 is 0 Å². The number of esters is 1. The molecule has 0 spiro atoms. The quantitative estimate of drug-likeness (QED) is 0.0414. The van der Waals surface area contributed by atoms with Crippen molar-refractivity contribution in [1.82, 2.24) is 0 Å². The molecule has 4 nitrogen and oxygen atoms in total. The molecule has 46 heavy (non-hydrogen) atoms. The third-order valence-corrected chi connectivity index (χ3v) is 9.17. The maximum Gasteiger partial charge on any atom is 0.306 e. The number of hydrogen-bond donors (Lipinski definition) is 1. The van der Waals surface area contributed by atoms with Crippen LogP contribution in [0, 0.1) is 0 Å². The summed E-state index contributed by atoms with van der Waals surface area (Å²) in [5.74, 6) is -0.665. The number of unbranched alkanes of at least 4 members (excludes halogenated alkanes) is 26. The van der Waals surface area contributed by atoms with E-state index in [9.17, 15) is 9.59 Å². The fourth-order valence-electron chi connectivity index (χ4n) is 6.14. The number of rotatable bonds is 37. The molecule has 0 aromatic carbocycles. The molecule has 0 rings (SSSR count). The van der Waals surface area contributed by atoms with E-state index in [0.717, 1.165) is 44.9 Å². The molecule has 0 radical (unpaired) electrons. The van der Waals surface area contributed by atoms with Crippen LogP contribution in [0.25, 0.3) is 0 Å². The van der Waals surface area contributed by atoms with Gasteiger partial charge in [-0.2, -0.15) is 0 Å². The van der Waals surface area contributed by atoms with Crippen LogP contribution in [0.3, 0.4) is 0 Å². The van der Waals surface area contributed by atoms with Crippen molar-refractivity contribution in [1.29, 1.82) is 0 Å². The van der Waals surface area contributed by atoms with E-state index in [1.165, 1.54) is 154 Å². The average molecular weight is 647 g/mol. The minimum atomic E-state index is -0.665. The van der Waals surface area contributed by atoms with Crippen molar-refractivity contribution in [2.75, 3.05) is 0 Å². The van der Waals surface area contributed by atoms with Gasteiger partial charge in [-0.3, -0.25) is 9.59 Å². The molecule has 4 heteroatoms. The van der Waals surface area contributed by atoms with Crippen LogP contribution in [0.2, 0.25) is 0 Å². The van der Waals surface area contributed by atoms with Crippen molar-refractivity contribution in [2.45, 2.75) is 232 Å². The van der Waals surface area contributed by atoms with Crippen molar-refractivity contribution >= 4 is 11.9 Å². The van der Waals surface area contributed by atoms with Crippen molar-refractivity contribution in [3.63, 3.8) is 0 Å². The summed E-state index contributed by atoms with van der Waals surface area (Å²) in [5, 5.41) is 8.65. The van der Waals surface area contributed by atoms with E-state index in [-0.39, 0.29) is 12.1 Å². The molecule has 0 aliphatic heterocycles. The Hall–Kier alpha value is -1.58. The Balaban J connectivity index is 3.32. The van der Waals surface area contributed by atoms with Crippen LogP contribution in [-0.2, 0) is 14.3 Å². The zero-order valence-corrected chi connectivity index (χ0v) is 30.9. The number of ether oxygens (including phenoxy) is 1. The average Bonchev–Trinajstić information content (AvgIpc) is 3.03. The molecule has 1 atom stereocenters. The first-order chi connectivity index (χ1) is 22.6. The van der Waals surface area contributed by atoms with E-state index in [1.54, 1.807) is 0 Å². The van der Waals surface area contributed by atoms with E-state index < -0.39 is 5.97 Å². The first-order valence-electron chi connectivity index (χ1n) is 20.3. The highest BCUT2D eigenvalue weighted by Gasteiger charge is 2.09. The number of allylic oxidation sites excluding steroid dienone is 4. The van der Waals surface area contributed by atoms with Gasteiger partial charge in [0.15, 0.2) is 0 Å². The Kier molecular flexibility index (Phi) is 36.6. The normalized spacial score (nSPS) is 12.4. The molecule has 0 aliphatic rings. The summed E-state index contributed by atoms with van der Waals surface area (Å²) >= 11 is 0. The monoisotopic (exact) mass is 647 g/mol. The lowest BCUT2D eigenvalue weighted by atomic mass is 10.0. The minimum absolute atomic E-state index is 0.000264. The molecule has 270 valence electrons. The zero-order valence-electron chi connectivity index (χ0n) is 30.9. The second-order valence-electron chi connectivity index (χ2n) is 13.9. The topological polar surface area (TPSA) is 63.6 Å². The fraction of sp³-hybridized carbons (Fsp3) is 0.857. The van der Waals surface area contributed by atoms with E-state index in [1.807, 2.05) is 0 Å². The molecule has 0 fully saturated rings. The Bertz CT molecular complexity index is 698. The summed E-state index contributed by atoms with van der Waals surface area (Å²) in [7, 11) is 0. The summed E-state index contributed by atoms with van der Waals surface area (Å²) in [5.41, 5.74) is 0. The molecule has 1 unspecified atom stereocenters. The summed E-state index contributed by atoms with van der Waals surface area (Å²) < 4.78 is 5.65. The van der Waals surface area contributed by atoms with Crippen LogP contribution in [0.5, 0.6) is 0 Å². The minimum Gasteiger partial charge on any atom is -0.481 e. The van der Waals surface area contributed by atoms with Crippen LogP contribution >= 0.6 is 0 Å². The van der Waals surface area contributed by atoms with E-state index in [4.69, 9.17) is 9.84 Å². The van der Waals surface area contributed by atoms with Crippen molar-refractivity contribution in [3.05, 3.63) is 24.3 Å². The molecule has 0 aliphatic carbocycles. The Labute approximate surface area is 287 Å². The summed E-state index contributed by atoms with van der Waals surface area (Å²) in [6.45, 7) is 4.31. The summed E-state index contributed by atoms with van der Waals surface area (Å²) in [4.78, 5) is 22.7. The van der Waals surface area contributed by atoms with Crippen LogP contribution in [0.15, 0.2) is 24.3 Å². The number of carboxylic acid groups (broad SMARTS) is 1. The number of carbonyl (C=O) groups excluding carboxylic acids is 1. The van der Waals surface area contributed by atoms with Gasteiger partial charge >= 0.3 is 11.9 Å². The smallest absolute Gasteiger partial charge is 0.306 e. The van der Waals surface area contributed by atoms with Crippen LogP contribution in [-0.4, -0.2) is 23.1 Å². The second kappa shape index (κ2) is 37.9. The van der Waals surface area contributed by atoms with E-state index in [0.29, 0.717) is 12.8 Å². The van der Waals surface area contributed by atoms with Gasteiger partial charge in [-0.15, -0.1) is 0 Å². The molecular formula is C42H78O4. The van der Waals surface area contributed by atoms with Gasteiger partial charge in [0.25, 0.3) is 0 Å². The third-order valence-electron chi connectivity index (χ3n) is 9.17. The standard InChI is InChI=1S/C42H78O4/c1-3-4-5-6-7-8-9-10-11-12-13-14-18-21-24-27-30-33-36-39-42(45)46-40(2)37-34-31-28-25-22-19-16-15-17-20-23-26-29-32-35-38-41(43)44/h7-8,10-11,40H,3-6,9,12-39H2,1-2H3,(H,43,44)/b8-7-,11-10-. The number of aliphatic carboxylic acids is 1. The summed E-state index contributed by atoms with van der Waals surface area (Å²) in [6.07, 6.45) is 49.0. The molecule has 0 bridgehead atoms. The Morgan fingerprint density at radius 2 is 0.870 bits per heavy atom. The van der Waals surface area contributed by atoms with Crippen LogP contribution in [0.4, 0.5) is 0 Å². The Morgan fingerprint density at radius 1 is 0.500 bits per heavy atom. The maximum atomic E-state index is 12.2. The van der Waals surface area contributed by atoms with Crippen LogP contribution < -0.4 is 0 Å². The second-order valence-corrected chi connectivity index (χ2v) is 13.9. The molecule has 0 aromatic rings. The summed E-state index contributed by atoms with van der Waals surface area (Å²) in [6, 6.07) is 0. The highest BCUT2D eigenvalue weighted by molar-refractivity contribution is 5.69. The van der Waals surface area contributed by atoms with Crippen molar-refractivity contribution in [3.8, 4) is 0 Å². The van der Waals surface area contributed by atoms with Crippen molar-refractivity contribution in [2.24, 2.45) is 0 Å². The van der Waals surface area contributed by atoms with Gasteiger partial charge in [-0.25, -0.2) is 0 Å². The predicted molar refractivity (Wildman–Crippen MR) is 200 cm³/mol. The predicted octanol–water partition coefficient (Wildman–Crippen LogP) is 14.0. The zero-order chi connectivity index (χ0) is 33.6. The van der Waals surface area contributed by atoms with Gasteiger partial charge in [0, 0.05) is 12.8 Å². The van der Waals surface area contributed by atoms with Gasteiger partial charge < -0.3 is 9.84 Å². The lowest BCUT2D eigenvalue weighted by Crippen LogP contribution is -2.14. The SMILES string of the molecule is CCCCC/C=C\C/C=C\CCCCCCCCCCCC(=O)OC(C)CCCCCCCCCCCCCCCCCC(=O)O. The van der Waals surface area contributed by atoms with Gasteiger partial charge in [-0.1, -0.05) is 172 Å². The van der Waals surface area contributed by atoms with Gasteiger partial charge in [0.2, 0.25) is 0 Å². The first kappa shape index (κ1) is 44.4. The lowest BCUT2D eigenvalue weighted by Gasteiger charge is -2.13. The van der Waals surface area contributed by atoms with Gasteiger partial charge in [-0.05, 0) is 64.7 Å². The fourth-order valence-corrected chi connectivity index (χ4v) is 6.14. The molecule has 1 N–H and O–H groups in total. The van der Waals surface area contributed by atoms with Crippen molar-refractivity contribution < 1.29 is 19.4 Å². The molecule has 0 amide bonds. The number of hydrogen-bond acceptors (Lipinski definition) is 3. The molecule has 0 heterocycles. The number of carbonyl (C=O) groups is 2. The lowest BCUT2D eigenvalue weighted by molar-refractivity contribution is -0.148. The number of carboxylic acids is 1. The maximum absolute atomic E-state index is 12.2. The van der Waals surface area contributed by atoms with Gasteiger partial charge in [0.05, 0.1) is 6.10 Å². The molecule has 0 saturated heterocycles.